The summed E-state index contributed by atoms with van der Waals surface area (Å²) in [6.45, 7) is 0. The third-order valence-electron chi connectivity index (χ3n) is 5.79. The molecule has 5 nitrogen and oxygen atoms in total. The highest BCUT2D eigenvalue weighted by atomic mass is 35.5. The zero-order valence-electron chi connectivity index (χ0n) is 18.7. The maximum absolute atomic E-state index is 13.4. The van der Waals surface area contributed by atoms with Crippen LogP contribution in [0.15, 0.2) is 114 Å². The van der Waals surface area contributed by atoms with Gasteiger partial charge in [-0.05, 0) is 48.0 Å². The first-order chi connectivity index (χ1) is 17.1. The Morgan fingerprint density at radius 1 is 0.800 bits per heavy atom. The molecule has 0 saturated carbocycles. The standard InChI is InChI=1S/C29H21ClN2O3/c30-23-16-17-27(35-29(34)22-14-8-3-9-15-22)24(18-23)25-19-26(20-10-4-1-5-11-20)32(31-25)28(33)21-12-6-2-7-13-21/h1-18,26H,19H2/t26-/m1/s1. The van der Waals surface area contributed by atoms with Crippen LogP contribution >= 0.6 is 11.6 Å². The van der Waals surface area contributed by atoms with Gasteiger partial charge in [-0.25, -0.2) is 9.80 Å². The predicted molar refractivity (Wildman–Crippen MR) is 136 cm³/mol. The van der Waals surface area contributed by atoms with E-state index in [9.17, 15) is 9.59 Å². The zero-order chi connectivity index (χ0) is 24.2. The van der Waals surface area contributed by atoms with Gasteiger partial charge in [0.25, 0.3) is 5.91 Å². The Bertz CT molecular complexity index is 1390. The van der Waals surface area contributed by atoms with E-state index in [4.69, 9.17) is 21.4 Å². The third kappa shape index (κ3) is 4.86. The highest BCUT2D eigenvalue weighted by Crippen LogP contribution is 2.37. The van der Waals surface area contributed by atoms with Gasteiger partial charge >= 0.3 is 5.97 Å². The fraction of sp³-hybridized carbons (Fsp3) is 0.0690. The van der Waals surface area contributed by atoms with Crippen molar-refractivity contribution in [3.63, 3.8) is 0 Å². The average Bonchev–Trinajstić information content (AvgIpc) is 3.36. The van der Waals surface area contributed by atoms with Crippen molar-refractivity contribution in [3.05, 3.63) is 136 Å². The first-order valence-electron chi connectivity index (χ1n) is 11.2. The minimum absolute atomic E-state index is 0.209. The van der Waals surface area contributed by atoms with Crippen LogP contribution in [0.1, 0.15) is 44.3 Å². The normalized spacial score (nSPS) is 14.9. The molecule has 0 radical (unpaired) electrons. The van der Waals surface area contributed by atoms with Crippen LogP contribution in [0.3, 0.4) is 0 Å². The van der Waals surface area contributed by atoms with Crippen molar-refractivity contribution in [2.75, 3.05) is 0 Å². The van der Waals surface area contributed by atoms with Crippen molar-refractivity contribution in [2.24, 2.45) is 5.10 Å². The Morgan fingerprint density at radius 2 is 1.40 bits per heavy atom. The summed E-state index contributed by atoms with van der Waals surface area (Å²) in [6.07, 6.45) is 0.443. The molecule has 4 aromatic rings. The molecule has 1 amide bonds. The van der Waals surface area contributed by atoms with Crippen molar-refractivity contribution < 1.29 is 14.3 Å². The molecule has 35 heavy (non-hydrogen) atoms. The first kappa shape index (κ1) is 22.6. The largest absolute Gasteiger partial charge is 0.422 e. The van der Waals surface area contributed by atoms with Crippen LogP contribution in [0, 0.1) is 0 Å². The summed E-state index contributed by atoms with van der Waals surface area (Å²) in [6, 6.07) is 32.3. The molecule has 0 N–H and O–H groups in total. The number of hydrazone groups is 1. The topological polar surface area (TPSA) is 59.0 Å². The minimum atomic E-state index is -0.482. The number of hydrogen-bond acceptors (Lipinski definition) is 4. The highest BCUT2D eigenvalue weighted by Gasteiger charge is 2.34. The molecule has 172 valence electrons. The molecule has 1 heterocycles. The summed E-state index contributed by atoms with van der Waals surface area (Å²) >= 11 is 6.32. The summed E-state index contributed by atoms with van der Waals surface area (Å²) in [7, 11) is 0. The van der Waals surface area contributed by atoms with Gasteiger partial charge in [0, 0.05) is 22.6 Å². The second kappa shape index (κ2) is 9.95. The number of nitrogens with zero attached hydrogens (tertiary/aromatic N) is 2. The van der Waals surface area contributed by atoms with Gasteiger partial charge in [-0.1, -0.05) is 78.3 Å². The lowest BCUT2D eigenvalue weighted by molar-refractivity contribution is 0.0708. The molecule has 6 heteroatoms. The second-order valence-corrected chi connectivity index (χ2v) is 8.53. The number of esters is 1. The molecule has 0 spiro atoms. The average molecular weight is 481 g/mol. The van der Waals surface area contributed by atoms with Crippen molar-refractivity contribution in [2.45, 2.75) is 12.5 Å². The first-order valence-corrected chi connectivity index (χ1v) is 11.6. The van der Waals surface area contributed by atoms with Crippen LogP contribution in [0.5, 0.6) is 5.75 Å². The van der Waals surface area contributed by atoms with E-state index in [0.717, 1.165) is 5.56 Å². The van der Waals surface area contributed by atoms with E-state index in [1.807, 2.05) is 54.6 Å². The maximum atomic E-state index is 13.4. The van der Waals surface area contributed by atoms with Crippen molar-refractivity contribution >= 4 is 29.2 Å². The van der Waals surface area contributed by atoms with Crippen LogP contribution in [-0.2, 0) is 0 Å². The molecule has 0 bridgehead atoms. The molecule has 0 aliphatic carbocycles. The lowest BCUT2D eigenvalue weighted by atomic mass is 9.97. The van der Waals surface area contributed by atoms with Crippen molar-refractivity contribution in [1.82, 2.24) is 5.01 Å². The van der Waals surface area contributed by atoms with E-state index >= 15 is 0 Å². The molecule has 5 rings (SSSR count). The second-order valence-electron chi connectivity index (χ2n) is 8.09. The zero-order valence-corrected chi connectivity index (χ0v) is 19.4. The molecule has 1 aliphatic rings. The molecule has 0 aromatic heterocycles. The van der Waals surface area contributed by atoms with Gasteiger partial charge in [-0.3, -0.25) is 4.79 Å². The van der Waals surface area contributed by atoms with E-state index < -0.39 is 5.97 Å². The fourth-order valence-electron chi connectivity index (χ4n) is 4.06. The summed E-state index contributed by atoms with van der Waals surface area (Å²) in [5.41, 5.74) is 3.12. The van der Waals surface area contributed by atoms with E-state index in [-0.39, 0.29) is 11.9 Å². The lowest BCUT2D eigenvalue weighted by Crippen LogP contribution is -2.27. The molecular formula is C29H21ClN2O3. The van der Waals surface area contributed by atoms with Gasteiger partial charge in [0.05, 0.1) is 17.3 Å². The van der Waals surface area contributed by atoms with Crippen LogP contribution < -0.4 is 4.74 Å². The number of ether oxygens (including phenoxy) is 1. The van der Waals surface area contributed by atoms with Crippen LogP contribution in [-0.4, -0.2) is 22.6 Å². The SMILES string of the molecule is O=C(Oc1ccc(Cl)cc1C1=NN(C(=O)c2ccccc2)[C@@H](c2ccccc2)C1)c1ccccc1. The van der Waals surface area contributed by atoms with E-state index in [2.05, 4.69) is 0 Å². The fourth-order valence-corrected chi connectivity index (χ4v) is 4.23. The van der Waals surface area contributed by atoms with Gasteiger partial charge in [-0.15, -0.1) is 0 Å². The van der Waals surface area contributed by atoms with E-state index in [0.29, 0.717) is 39.6 Å². The maximum Gasteiger partial charge on any atom is 0.343 e. The minimum Gasteiger partial charge on any atom is -0.422 e. The molecule has 0 saturated heterocycles. The Balaban J connectivity index is 1.53. The Hall–Kier alpha value is -4.22. The number of carbonyl (C=O) groups excluding carboxylic acids is 2. The van der Waals surface area contributed by atoms with Crippen molar-refractivity contribution in [3.8, 4) is 5.75 Å². The quantitative estimate of drug-likeness (QED) is 0.240. The molecule has 0 fully saturated rings. The predicted octanol–water partition coefficient (Wildman–Crippen LogP) is 6.55. The molecular weight excluding hydrogens is 460 g/mol. The number of rotatable bonds is 5. The number of carbonyl (C=O) groups is 2. The number of benzene rings is 4. The Labute approximate surface area is 208 Å². The lowest BCUT2D eigenvalue weighted by Gasteiger charge is -2.22. The molecule has 1 aliphatic heterocycles. The summed E-state index contributed by atoms with van der Waals surface area (Å²) in [4.78, 5) is 26.2. The van der Waals surface area contributed by atoms with Gasteiger partial charge in [0.1, 0.15) is 5.75 Å². The summed E-state index contributed by atoms with van der Waals surface area (Å²) in [5, 5.41) is 6.71. The molecule has 4 aromatic carbocycles. The van der Waals surface area contributed by atoms with Crippen molar-refractivity contribution in [1.29, 1.82) is 0 Å². The monoisotopic (exact) mass is 480 g/mol. The van der Waals surface area contributed by atoms with Gasteiger partial charge in [0.2, 0.25) is 0 Å². The number of hydrogen-bond donors (Lipinski definition) is 0. The van der Waals surface area contributed by atoms with E-state index in [1.54, 1.807) is 54.6 Å². The number of amides is 1. The third-order valence-corrected chi connectivity index (χ3v) is 6.02. The van der Waals surface area contributed by atoms with Gasteiger partial charge < -0.3 is 4.74 Å². The van der Waals surface area contributed by atoms with Crippen LogP contribution in [0.25, 0.3) is 0 Å². The van der Waals surface area contributed by atoms with Gasteiger partial charge in [0.15, 0.2) is 0 Å². The molecule has 1 atom stereocenters. The summed E-state index contributed by atoms with van der Waals surface area (Å²) < 4.78 is 5.74. The Kier molecular flexibility index (Phi) is 6.42. The summed E-state index contributed by atoms with van der Waals surface area (Å²) in [5.74, 6) is -0.355. The number of halogens is 1. The Morgan fingerprint density at radius 3 is 2.06 bits per heavy atom. The van der Waals surface area contributed by atoms with E-state index in [1.165, 1.54) is 5.01 Å². The van der Waals surface area contributed by atoms with Crippen LogP contribution in [0.2, 0.25) is 5.02 Å². The van der Waals surface area contributed by atoms with Crippen LogP contribution in [0.4, 0.5) is 0 Å². The highest BCUT2D eigenvalue weighted by molar-refractivity contribution is 6.31. The van der Waals surface area contributed by atoms with Gasteiger partial charge in [-0.2, -0.15) is 5.10 Å². The smallest absolute Gasteiger partial charge is 0.343 e. The molecule has 0 unspecified atom stereocenters.